The number of benzene rings is 3. The zero-order valence-electron chi connectivity index (χ0n) is 26.0. The number of ketones is 1. The van der Waals surface area contributed by atoms with Gasteiger partial charge in [-0.2, -0.15) is 0 Å². The summed E-state index contributed by atoms with van der Waals surface area (Å²) in [7, 11) is 0. The van der Waals surface area contributed by atoms with Crippen molar-refractivity contribution in [3.63, 3.8) is 0 Å². The molecule has 1 fully saturated rings. The third-order valence-electron chi connectivity index (χ3n) is 8.19. The van der Waals surface area contributed by atoms with Gasteiger partial charge in [-0.15, -0.1) is 0 Å². The van der Waals surface area contributed by atoms with Gasteiger partial charge in [-0.3, -0.25) is 4.79 Å². The smallest absolute Gasteiger partial charge is 0.328 e. The number of nitrogens with zero attached hydrogens (tertiary/aromatic N) is 1. The molecule has 1 saturated heterocycles. The van der Waals surface area contributed by atoms with Crippen LogP contribution >= 0.6 is 0 Å². The lowest BCUT2D eigenvalue weighted by Gasteiger charge is -2.34. The minimum absolute atomic E-state index is 0.0316. The fourth-order valence-electron chi connectivity index (χ4n) is 5.13. The molecule has 0 amide bonds. The molecule has 0 unspecified atom stereocenters. The molecular weight excluding hydrogens is 554 g/mol. The Morgan fingerprint density at radius 2 is 1.34 bits per heavy atom. The molecule has 1 aliphatic heterocycles. The summed E-state index contributed by atoms with van der Waals surface area (Å²) in [6.07, 6.45) is 5.99. The van der Waals surface area contributed by atoms with Gasteiger partial charge in [-0.1, -0.05) is 106 Å². The number of carbonyl (C=O) groups excluding carboxylic acids is 1. The van der Waals surface area contributed by atoms with Crippen LogP contribution in [0.2, 0.25) is 0 Å². The molecule has 0 saturated carbocycles. The molecule has 1 heterocycles. The van der Waals surface area contributed by atoms with Crippen molar-refractivity contribution >= 4 is 17.7 Å². The van der Waals surface area contributed by atoms with Gasteiger partial charge < -0.3 is 19.8 Å². The van der Waals surface area contributed by atoms with E-state index in [0.29, 0.717) is 18.6 Å². The van der Waals surface area contributed by atoms with Crippen LogP contribution in [0.1, 0.15) is 86.0 Å². The molecule has 0 atom stereocenters. The Hall–Kier alpha value is -4.07. The normalized spacial score (nSPS) is 14.3. The van der Waals surface area contributed by atoms with Gasteiger partial charge in [0.1, 0.15) is 6.10 Å². The number of ether oxygens (including phenoxy) is 1. The Kier molecular flexibility index (Phi) is 13.5. The van der Waals surface area contributed by atoms with Crippen LogP contribution in [0.3, 0.4) is 0 Å². The molecule has 4 rings (SSSR count). The Labute approximate surface area is 261 Å². The number of likely N-dealkylation sites (tertiary alicyclic amines) is 1. The highest BCUT2D eigenvalue weighted by Gasteiger charge is 2.25. The summed E-state index contributed by atoms with van der Waals surface area (Å²) < 4.78 is 6.67. The van der Waals surface area contributed by atoms with Gasteiger partial charge in [0.05, 0.1) is 6.10 Å². The van der Waals surface area contributed by atoms with Gasteiger partial charge in [0.2, 0.25) is 0 Å². The number of aliphatic carboxylic acids is 2. The maximum atomic E-state index is 12.7. The summed E-state index contributed by atoms with van der Waals surface area (Å²) in [6.45, 7) is 9.73. The maximum absolute atomic E-state index is 12.7. The highest BCUT2D eigenvalue weighted by atomic mass is 16.5. The molecule has 2 N–H and O–H groups in total. The lowest BCUT2D eigenvalue weighted by atomic mass is 9.82. The summed E-state index contributed by atoms with van der Waals surface area (Å²) in [5.41, 5.74) is 4.70. The molecule has 1 aliphatic rings. The van der Waals surface area contributed by atoms with E-state index < -0.39 is 11.9 Å². The predicted octanol–water partition coefficient (Wildman–Crippen LogP) is 7.32. The van der Waals surface area contributed by atoms with Gasteiger partial charge >= 0.3 is 11.9 Å². The van der Waals surface area contributed by atoms with Gasteiger partial charge in [-0.05, 0) is 54.3 Å². The molecule has 0 spiro atoms. The van der Waals surface area contributed by atoms with Crippen molar-refractivity contribution in [2.24, 2.45) is 0 Å². The number of carbonyl (C=O) groups is 3. The number of hydrogen-bond donors (Lipinski definition) is 2. The Balaban J connectivity index is 0.000000583. The van der Waals surface area contributed by atoms with Gasteiger partial charge in [0, 0.05) is 37.2 Å². The number of carboxylic acids is 2. The van der Waals surface area contributed by atoms with E-state index in [1.165, 1.54) is 16.7 Å². The van der Waals surface area contributed by atoms with Crippen molar-refractivity contribution < 1.29 is 29.3 Å². The SMILES string of the molecule is CCC(C)(C)c1ccc(C(=O)CCCN2CCC(OC(c3ccccc3)c3ccccc3)CC2)cc1.O=C(O)/C=C/C(=O)O. The summed E-state index contributed by atoms with van der Waals surface area (Å²) in [6, 6.07) is 29.3. The second kappa shape index (κ2) is 17.3. The van der Waals surface area contributed by atoms with Crippen LogP contribution in [0, 0.1) is 0 Å². The van der Waals surface area contributed by atoms with E-state index in [9.17, 15) is 14.4 Å². The van der Waals surface area contributed by atoms with E-state index in [1.807, 2.05) is 12.1 Å². The summed E-state index contributed by atoms with van der Waals surface area (Å²) in [4.78, 5) is 34.3. The van der Waals surface area contributed by atoms with Crippen molar-refractivity contribution in [3.8, 4) is 0 Å². The quantitative estimate of drug-likeness (QED) is 0.157. The number of hydrogen-bond acceptors (Lipinski definition) is 5. The second-order valence-corrected chi connectivity index (χ2v) is 11.7. The molecule has 7 nitrogen and oxygen atoms in total. The monoisotopic (exact) mass is 599 g/mol. The van der Waals surface area contributed by atoms with Crippen molar-refractivity contribution in [1.29, 1.82) is 0 Å². The fraction of sp³-hybridized carbons (Fsp3) is 0.378. The first-order valence-electron chi connectivity index (χ1n) is 15.3. The first-order valence-corrected chi connectivity index (χ1v) is 15.3. The average Bonchev–Trinajstić information content (AvgIpc) is 3.04. The highest BCUT2D eigenvalue weighted by Crippen LogP contribution is 2.30. The highest BCUT2D eigenvalue weighted by molar-refractivity contribution is 5.96. The number of piperidine rings is 1. The van der Waals surface area contributed by atoms with E-state index in [1.54, 1.807) is 0 Å². The molecule has 0 aliphatic carbocycles. The van der Waals surface area contributed by atoms with Gasteiger partial charge in [0.15, 0.2) is 5.78 Å². The van der Waals surface area contributed by atoms with Crippen LogP contribution in [0.15, 0.2) is 97.1 Å². The zero-order chi connectivity index (χ0) is 32.0. The molecule has 44 heavy (non-hydrogen) atoms. The third-order valence-corrected chi connectivity index (χ3v) is 8.19. The first kappa shape index (κ1) is 34.4. The van der Waals surface area contributed by atoms with Crippen molar-refractivity contribution in [2.75, 3.05) is 19.6 Å². The van der Waals surface area contributed by atoms with E-state index >= 15 is 0 Å². The van der Waals surface area contributed by atoms with E-state index in [-0.39, 0.29) is 23.4 Å². The molecular formula is C37H45NO6. The third kappa shape index (κ3) is 11.2. The van der Waals surface area contributed by atoms with Crippen LogP contribution < -0.4 is 0 Å². The van der Waals surface area contributed by atoms with Crippen LogP contribution in [-0.2, 0) is 19.7 Å². The Bertz CT molecular complexity index is 1290. The molecule has 3 aromatic carbocycles. The van der Waals surface area contributed by atoms with Crippen LogP contribution in [0.25, 0.3) is 0 Å². The zero-order valence-corrected chi connectivity index (χ0v) is 26.0. The lowest BCUT2D eigenvalue weighted by Crippen LogP contribution is -2.38. The van der Waals surface area contributed by atoms with E-state index in [4.69, 9.17) is 14.9 Å². The molecule has 7 heteroatoms. The number of rotatable bonds is 13. The standard InChI is InChI=1S/C33H41NO2.C4H4O4/c1-4-33(2,3)29-19-17-26(18-20-29)31(35)16-11-23-34-24-21-30(22-25-34)36-32(27-12-7-5-8-13-27)28-14-9-6-10-15-28;5-3(6)1-2-4(7)8/h5-10,12-15,17-20,30,32H,4,11,16,21-25H2,1-3H3;1-2H,(H,5,6)(H,7,8)/b;2-1+. The van der Waals surface area contributed by atoms with Crippen molar-refractivity contribution in [2.45, 2.75) is 70.5 Å². The van der Waals surface area contributed by atoms with E-state index in [0.717, 1.165) is 50.9 Å². The lowest BCUT2D eigenvalue weighted by molar-refractivity contribution is -0.134. The molecule has 0 radical (unpaired) electrons. The topological polar surface area (TPSA) is 104 Å². The Morgan fingerprint density at radius 3 is 1.80 bits per heavy atom. The molecule has 234 valence electrons. The fourth-order valence-corrected chi connectivity index (χ4v) is 5.13. The largest absolute Gasteiger partial charge is 0.478 e. The minimum Gasteiger partial charge on any atom is -0.478 e. The minimum atomic E-state index is -1.26. The van der Waals surface area contributed by atoms with Crippen molar-refractivity contribution in [3.05, 3.63) is 119 Å². The first-order chi connectivity index (χ1) is 21.1. The Morgan fingerprint density at radius 1 is 0.841 bits per heavy atom. The second-order valence-electron chi connectivity index (χ2n) is 11.7. The summed E-state index contributed by atoms with van der Waals surface area (Å²) in [5, 5.41) is 15.6. The summed E-state index contributed by atoms with van der Waals surface area (Å²) >= 11 is 0. The van der Waals surface area contributed by atoms with Crippen LogP contribution in [-0.4, -0.2) is 58.6 Å². The summed E-state index contributed by atoms with van der Waals surface area (Å²) in [5.74, 6) is -2.26. The van der Waals surface area contributed by atoms with Crippen LogP contribution in [0.4, 0.5) is 0 Å². The van der Waals surface area contributed by atoms with Gasteiger partial charge in [-0.25, -0.2) is 9.59 Å². The van der Waals surface area contributed by atoms with E-state index in [2.05, 4.69) is 98.5 Å². The van der Waals surface area contributed by atoms with Crippen molar-refractivity contribution in [1.82, 2.24) is 4.90 Å². The van der Waals surface area contributed by atoms with Crippen LogP contribution in [0.5, 0.6) is 0 Å². The maximum Gasteiger partial charge on any atom is 0.328 e. The predicted molar refractivity (Wildman–Crippen MR) is 173 cm³/mol. The number of Topliss-reactive ketones (excluding diaryl/α,β-unsaturated/α-hetero) is 1. The molecule has 0 bridgehead atoms. The molecule has 3 aromatic rings. The van der Waals surface area contributed by atoms with Gasteiger partial charge in [0.25, 0.3) is 0 Å². The average molecular weight is 600 g/mol. The molecule has 0 aromatic heterocycles. The number of carboxylic acid groups (broad SMARTS) is 2.